The van der Waals surface area contributed by atoms with E-state index in [-0.39, 0.29) is 17.9 Å². The minimum atomic E-state index is -0.262. The molecule has 0 radical (unpaired) electrons. The highest BCUT2D eigenvalue weighted by atomic mass is 35.5. The van der Waals surface area contributed by atoms with Crippen LogP contribution in [0.1, 0.15) is 21.5 Å². The Balaban J connectivity index is 1.27. The van der Waals surface area contributed by atoms with Crippen molar-refractivity contribution in [3.05, 3.63) is 82.5 Å². The summed E-state index contributed by atoms with van der Waals surface area (Å²) in [6.07, 6.45) is 5.04. The molecule has 2 aliphatic rings. The Morgan fingerprint density at radius 3 is 2.78 bits per heavy atom. The number of rotatable bonds is 6. The summed E-state index contributed by atoms with van der Waals surface area (Å²) in [5.41, 5.74) is 9.84. The molecular formula is C28H27ClN4O4. The van der Waals surface area contributed by atoms with Crippen molar-refractivity contribution in [1.82, 2.24) is 15.2 Å². The van der Waals surface area contributed by atoms with Crippen LogP contribution >= 0.6 is 11.6 Å². The second kappa shape index (κ2) is 11.0. The van der Waals surface area contributed by atoms with Gasteiger partial charge in [0.25, 0.3) is 5.91 Å². The zero-order valence-electron chi connectivity index (χ0n) is 20.2. The summed E-state index contributed by atoms with van der Waals surface area (Å²) >= 11 is 6.46. The maximum absolute atomic E-state index is 13.0. The molecule has 0 bridgehead atoms. The van der Waals surface area contributed by atoms with Gasteiger partial charge in [0.15, 0.2) is 0 Å². The lowest BCUT2D eigenvalue weighted by atomic mass is 9.95. The Labute approximate surface area is 220 Å². The van der Waals surface area contributed by atoms with E-state index in [0.29, 0.717) is 61.4 Å². The van der Waals surface area contributed by atoms with Gasteiger partial charge in [-0.3, -0.25) is 9.59 Å². The third kappa shape index (κ3) is 5.76. The van der Waals surface area contributed by atoms with Crippen molar-refractivity contribution in [1.29, 1.82) is 0 Å². The Bertz CT molecular complexity index is 1340. The van der Waals surface area contributed by atoms with E-state index in [1.165, 1.54) is 6.08 Å². The van der Waals surface area contributed by atoms with Gasteiger partial charge >= 0.3 is 0 Å². The lowest BCUT2D eigenvalue weighted by molar-refractivity contribution is -0.116. The number of benzene rings is 2. The highest BCUT2D eigenvalue weighted by molar-refractivity contribution is 6.32. The Morgan fingerprint density at radius 1 is 1.16 bits per heavy atom. The molecule has 3 N–H and O–H groups in total. The molecule has 9 heteroatoms. The average molecular weight is 519 g/mol. The summed E-state index contributed by atoms with van der Waals surface area (Å²) in [4.78, 5) is 31.2. The lowest BCUT2D eigenvalue weighted by Gasteiger charge is -2.27. The van der Waals surface area contributed by atoms with Gasteiger partial charge in [-0.2, -0.15) is 0 Å². The minimum absolute atomic E-state index is 0.00426. The van der Waals surface area contributed by atoms with E-state index in [9.17, 15) is 9.59 Å². The third-order valence-corrected chi connectivity index (χ3v) is 6.69. The van der Waals surface area contributed by atoms with Gasteiger partial charge < -0.3 is 25.4 Å². The number of nitrogens with one attached hydrogen (secondary N) is 1. The number of amides is 2. The fourth-order valence-corrected chi connectivity index (χ4v) is 4.70. The summed E-state index contributed by atoms with van der Waals surface area (Å²) in [7, 11) is 0. The zero-order chi connectivity index (χ0) is 25.8. The van der Waals surface area contributed by atoms with Crippen LogP contribution in [0.2, 0.25) is 5.02 Å². The molecule has 1 unspecified atom stereocenters. The van der Waals surface area contributed by atoms with E-state index < -0.39 is 0 Å². The van der Waals surface area contributed by atoms with Crippen molar-refractivity contribution < 1.29 is 19.1 Å². The van der Waals surface area contributed by atoms with Crippen LogP contribution in [0.25, 0.3) is 17.2 Å². The molecule has 3 aromatic rings. The number of nitrogens with zero attached hydrogens (tertiary/aromatic N) is 2. The number of halogens is 1. The minimum Gasteiger partial charge on any atom is -0.486 e. The van der Waals surface area contributed by atoms with Crippen LogP contribution in [-0.2, 0) is 16.0 Å². The lowest BCUT2D eigenvalue weighted by Crippen LogP contribution is -2.40. The van der Waals surface area contributed by atoms with Crippen molar-refractivity contribution in [3.8, 4) is 16.9 Å². The van der Waals surface area contributed by atoms with Crippen LogP contribution in [0.4, 0.5) is 5.82 Å². The highest BCUT2D eigenvalue weighted by Crippen LogP contribution is 2.42. The number of pyridine rings is 1. The smallest absolute Gasteiger partial charge is 0.254 e. The van der Waals surface area contributed by atoms with Crippen LogP contribution in [0, 0.1) is 0 Å². The molecule has 37 heavy (non-hydrogen) atoms. The normalized spacial score (nSPS) is 16.9. The molecule has 190 valence electrons. The van der Waals surface area contributed by atoms with Gasteiger partial charge in [0.05, 0.1) is 24.8 Å². The second-order valence-electron chi connectivity index (χ2n) is 8.93. The van der Waals surface area contributed by atoms with Gasteiger partial charge in [0, 0.05) is 42.9 Å². The van der Waals surface area contributed by atoms with Crippen LogP contribution in [-0.4, -0.2) is 60.7 Å². The van der Waals surface area contributed by atoms with Gasteiger partial charge in [0.1, 0.15) is 17.7 Å². The van der Waals surface area contributed by atoms with Crippen LogP contribution in [0.5, 0.6) is 5.75 Å². The van der Waals surface area contributed by atoms with Gasteiger partial charge in [-0.15, -0.1) is 0 Å². The molecule has 1 atom stereocenters. The summed E-state index contributed by atoms with van der Waals surface area (Å²) in [5.74, 6) is 0.798. The third-order valence-electron chi connectivity index (χ3n) is 6.39. The van der Waals surface area contributed by atoms with Gasteiger partial charge in [-0.1, -0.05) is 29.8 Å². The average Bonchev–Trinajstić information content (AvgIpc) is 3.37. The first-order valence-corrected chi connectivity index (χ1v) is 12.5. The number of anilines is 1. The summed E-state index contributed by atoms with van der Waals surface area (Å²) < 4.78 is 11.5. The first kappa shape index (κ1) is 24.8. The molecule has 2 aromatic carbocycles. The summed E-state index contributed by atoms with van der Waals surface area (Å²) in [6, 6.07) is 14.8. The molecule has 2 amide bonds. The van der Waals surface area contributed by atoms with E-state index in [1.54, 1.807) is 30.5 Å². The van der Waals surface area contributed by atoms with Gasteiger partial charge in [0.2, 0.25) is 5.91 Å². The van der Waals surface area contributed by atoms with Crippen molar-refractivity contribution in [3.63, 3.8) is 0 Å². The number of ether oxygens (including phenoxy) is 2. The topological polar surface area (TPSA) is 107 Å². The van der Waals surface area contributed by atoms with Crippen molar-refractivity contribution in [2.75, 3.05) is 38.6 Å². The predicted molar refractivity (Wildman–Crippen MR) is 142 cm³/mol. The molecule has 0 aliphatic carbocycles. The highest BCUT2D eigenvalue weighted by Gasteiger charge is 2.28. The zero-order valence-corrected chi connectivity index (χ0v) is 20.9. The molecule has 0 spiro atoms. The van der Waals surface area contributed by atoms with Crippen molar-refractivity contribution in [2.45, 2.75) is 12.5 Å². The second-order valence-corrected chi connectivity index (χ2v) is 9.33. The quantitative estimate of drug-likeness (QED) is 0.483. The molecule has 1 aromatic heterocycles. The Morgan fingerprint density at radius 2 is 2.00 bits per heavy atom. The van der Waals surface area contributed by atoms with Crippen molar-refractivity contribution >= 4 is 35.3 Å². The van der Waals surface area contributed by atoms with Crippen LogP contribution in [0.15, 0.2) is 60.8 Å². The number of aromatic nitrogens is 1. The molecule has 3 heterocycles. The number of fused-ring (bicyclic) bond motifs is 1. The molecule has 2 aliphatic heterocycles. The van der Waals surface area contributed by atoms with E-state index in [2.05, 4.69) is 10.3 Å². The standard InChI is InChI=1S/C28H27ClN4O4/c29-24-7-6-22(19-2-1-3-20(14-19)28(35)33-10-12-36-13-11-33)23-15-21(37-27(23)24)17-32-26(34)9-5-18-4-8-25(30)31-16-18/h1-9,14,16,21H,10-13,15,17H2,(H2,30,31)(H,32,34)/b9-5+. The Kier molecular flexibility index (Phi) is 7.39. The molecule has 5 rings (SSSR count). The largest absolute Gasteiger partial charge is 0.486 e. The van der Waals surface area contributed by atoms with E-state index in [0.717, 1.165) is 22.3 Å². The summed E-state index contributed by atoms with van der Waals surface area (Å²) in [5, 5.41) is 3.40. The molecule has 1 fully saturated rings. The SMILES string of the molecule is Nc1ccc(/C=C/C(=O)NCC2Cc3c(-c4cccc(C(=O)N5CCOCC5)c4)ccc(Cl)c3O2)cn1. The van der Waals surface area contributed by atoms with E-state index >= 15 is 0 Å². The number of nitrogen functional groups attached to an aromatic ring is 1. The number of nitrogens with two attached hydrogens (primary N) is 1. The first-order valence-electron chi connectivity index (χ1n) is 12.1. The first-order chi connectivity index (χ1) is 18.0. The summed E-state index contributed by atoms with van der Waals surface area (Å²) in [6.45, 7) is 2.61. The maximum atomic E-state index is 13.0. The predicted octanol–water partition coefficient (Wildman–Crippen LogP) is 3.59. The Hall–Kier alpha value is -3.88. The van der Waals surface area contributed by atoms with Crippen LogP contribution < -0.4 is 15.8 Å². The number of hydrogen-bond acceptors (Lipinski definition) is 6. The van der Waals surface area contributed by atoms with Crippen LogP contribution in [0.3, 0.4) is 0 Å². The van der Waals surface area contributed by atoms with Gasteiger partial charge in [-0.05, 0) is 53.1 Å². The van der Waals surface area contributed by atoms with E-state index in [4.69, 9.17) is 26.8 Å². The number of carbonyl (C=O) groups excluding carboxylic acids is 2. The molecule has 8 nitrogen and oxygen atoms in total. The fraction of sp³-hybridized carbons (Fsp3) is 0.250. The fourth-order valence-electron chi connectivity index (χ4n) is 4.48. The molecule has 0 saturated carbocycles. The monoisotopic (exact) mass is 518 g/mol. The van der Waals surface area contributed by atoms with Gasteiger partial charge in [-0.25, -0.2) is 4.98 Å². The molecule has 1 saturated heterocycles. The molecular weight excluding hydrogens is 492 g/mol. The maximum Gasteiger partial charge on any atom is 0.254 e. The van der Waals surface area contributed by atoms with E-state index in [1.807, 2.05) is 35.2 Å². The van der Waals surface area contributed by atoms with Crippen molar-refractivity contribution in [2.24, 2.45) is 0 Å². The number of morpholine rings is 1. The number of hydrogen-bond donors (Lipinski definition) is 2. The number of carbonyl (C=O) groups is 2.